The van der Waals surface area contributed by atoms with Crippen molar-refractivity contribution in [2.45, 2.75) is 26.8 Å². The van der Waals surface area contributed by atoms with E-state index >= 15 is 0 Å². The zero-order valence-corrected chi connectivity index (χ0v) is 12.4. The summed E-state index contributed by atoms with van der Waals surface area (Å²) in [5.41, 5.74) is 0. The van der Waals surface area contributed by atoms with Gasteiger partial charge in [-0.25, -0.2) is 9.97 Å². The van der Waals surface area contributed by atoms with E-state index in [9.17, 15) is 0 Å². The maximum Gasteiger partial charge on any atom is 0.245 e. The Labute approximate surface area is 119 Å². The standard InChI is InChI=1S/C11H15BrN6O/c1-3-4-13-10-9(12)11(16-6-15-10)14-5-8-17-7(2)18-19-8/h6H,3-5H2,1-2H3,(H2,13,14,15,16). The molecule has 19 heavy (non-hydrogen) atoms. The molecule has 2 rings (SSSR count). The molecule has 0 spiro atoms. The third-order valence-corrected chi connectivity index (χ3v) is 3.06. The largest absolute Gasteiger partial charge is 0.369 e. The Morgan fingerprint density at radius 1 is 1.26 bits per heavy atom. The van der Waals surface area contributed by atoms with Gasteiger partial charge in [-0.2, -0.15) is 4.98 Å². The Kier molecular flexibility index (Phi) is 4.67. The van der Waals surface area contributed by atoms with Crippen LogP contribution in [-0.2, 0) is 6.54 Å². The van der Waals surface area contributed by atoms with Crippen molar-refractivity contribution in [1.29, 1.82) is 0 Å². The van der Waals surface area contributed by atoms with Crippen molar-refractivity contribution >= 4 is 27.6 Å². The van der Waals surface area contributed by atoms with E-state index in [4.69, 9.17) is 4.52 Å². The van der Waals surface area contributed by atoms with Crippen molar-refractivity contribution in [2.24, 2.45) is 0 Å². The predicted octanol–water partition coefficient (Wildman–Crippen LogP) is 2.36. The smallest absolute Gasteiger partial charge is 0.245 e. The van der Waals surface area contributed by atoms with E-state index < -0.39 is 0 Å². The second-order valence-corrected chi connectivity index (χ2v) is 4.69. The summed E-state index contributed by atoms with van der Waals surface area (Å²) in [6.45, 7) is 5.15. The molecule has 8 heteroatoms. The summed E-state index contributed by atoms with van der Waals surface area (Å²) in [5, 5.41) is 10.1. The van der Waals surface area contributed by atoms with Gasteiger partial charge in [0.05, 0.1) is 6.54 Å². The summed E-state index contributed by atoms with van der Waals surface area (Å²) >= 11 is 3.47. The molecule has 2 aromatic heterocycles. The fourth-order valence-corrected chi connectivity index (χ4v) is 1.92. The molecule has 0 aliphatic heterocycles. The topological polar surface area (TPSA) is 88.8 Å². The Hall–Kier alpha value is -1.70. The van der Waals surface area contributed by atoms with Crippen LogP contribution in [-0.4, -0.2) is 26.7 Å². The zero-order chi connectivity index (χ0) is 13.7. The number of halogens is 1. The molecule has 0 aliphatic rings. The van der Waals surface area contributed by atoms with Gasteiger partial charge in [-0.15, -0.1) is 0 Å². The number of aromatic nitrogens is 4. The van der Waals surface area contributed by atoms with Crippen LogP contribution in [0.3, 0.4) is 0 Å². The molecule has 0 unspecified atom stereocenters. The number of anilines is 2. The molecule has 0 saturated carbocycles. The van der Waals surface area contributed by atoms with E-state index in [0.717, 1.165) is 23.3 Å². The van der Waals surface area contributed by atoms with Gasteiger partial charge >= 0.3 is 0 Å². The van der Waals surface area contributed by atoms with Crippen LogP contribution >= 0.6 is 15.9 Å². The van der Waals surface area contributed by atoms with Crippen LogP contribution in [0.5, 0.6) is 0 Å². The first-order chi connectivity index (χ1) is 9.20. The van der Waals surface area contributed by atoms with Gasteiger partial charge in [0.1, 0.15) is 22.4 Å². The molecule has 0 aliphatic carbocycles. The first kappa shape index (κ1) is 13.7. The van der Waals surface area contributed by atoms with E-state index in [1.54, 1.807) is 6.92 Å². The Morgan fingerprint density at radius 3 is 2.63 bits per heavy atom. The van der Waals surface area contributed by atoms with E-state index in [1.807, 2.05) is 0 Å². The Morgan fingerprint density at radius 2 is 2.00 bits per heavy atom. The summed E-state index contributed by atoms with van der Waals surface area (Å²) in [6, 6.07) is 0. The third-order valence-electron chi connectivity index (χ3n) is 2.31. The first-order valence-electron chi connectivity index (χ1n) is 5.98. The van der Waals surface area contributed by atoms with Crippen molar-refractivity contribution in [2.75, 3.05) is 17.2 Å². The maximum atomic E-state index is 5.02. The molecule has 2 aromatic rings. The van der Waals surface area contributed by atoms with Crippen LogP contribution in [0.1, 0.15) is 25.1 Å². The zero-order valence-electron chi connectivity index (χ0n) is 10.8. The molecule has 0 saturated heterocycles. The van der Waals surface area contributed by atoms with E-state index in [1.165, 1.54) is 6.33 Å². The summed E-state index contributed by atoms with van der Waals surface area (Å²) in [5.74, 6) is 2.58. The third kappa shape index (κ3) is 3.63. The second kappa shape index (κ2) is 6.46. The highest BCUT2D eigenvalue weighted by Gasteiger charge is 2.09. The van der Waals surface area contributed by atoms with E-state index in [-0.39, 0.29) is 0 Å². The van der Waals surface area contributed by atoms with Crippen LogP contribution in [0.25, 0.3) is 0 Å². The van der Waals surface area contributed by atoms with Gasteiger partial charge in [-0.05, 0) is 29.3 Å². The molecule has 2 heterocycles. The molecular weight excluding hydrogens is 312 g/mol. The molecule has 2 N–H and O–H groups in total. The molecule has 0 amide bonds. The molecule has 7 nitrogen and oxygen atoms in total. The highest BCUT2D eigenvalue weighted by atomic mass is 79.9. The van der Waals surface area contributed by atoms with Crippen LogP contribution in [0, 0.1) is 6.92 Å². The SMILES string of the molecule is CCCNc1ncnc(NCc2nc(C)no2)c1Br. The van der Waals surface area contributed by atoms with Crippen molar-refractivity contribution in [3.8, 4) is 0 Å². The van der Waals surface area contributed by atoms with Crippen LogP contribution in [0.15, 0.2) is 15.3 Å². The van der Waals surface area contributed by atoms with Crippen molar-refractivity contribution < 1.29 is 4.52 Å². The quantitative estimate of drug-likeness (QED) is 0.842. The highest BCUT2D eigenvalue weighted by Crippen LogP contribution is 2.26. The lowest BCUT2D eigenvalue weighted by molar-refractivity contribution is 0.379. The van der Waals surface area contributed by atoms with E-state index in [2.05, 4.69) is 53.6 Å². The second-order valence-electron chi connectivity index (χ2n) is 3.90. The van der Waals surface area contributed by atoms with Gasteiger partial charge in [0, 0.05) is 6.54 Å². The number of aryl methyl sites for hydroxylation is 1. The minimum Gasteiger partial charge on any atom is -0.369 e. The van der Waals surface area contributed by atoms with Gasteiger partial charge < -0.3 is 15.2 Å². The number of nitrogens with zero attached hydrogens (tertiary/aromatic N) is 4. The fraction of sp³-hybridized carbons (Fsp3) is 0.455. The lowest BCUT2D eigenvalue weighted by atomic mass is 10.4. The van der Waals surface area contributed by atoms with Crippen LogP contribution in [0.2, 0.25) is 0 Å². The lowest BCUT2D eigenvalue weighted by Gasteiger charge is -2.09. The minimum atomic E-state index is 0.420. The van der Waals surface area contributed by atoms with Gasteiger partial charge in [0.25, 0.3) is 0 Å². The van der Waals surface area contributed by atoms with Gasteiger partial charge in [0.15, 0.2) is 5.82 Å². The normalized spacial score (nSPS) is 10.5. The molecule has 0 bridgehead atoms. The highest BCUT2D eigenvalue weighted by molar-refractivity contribution is 9.10. The molecule has 0 fully saturated rings. The number of hydrogen-bond acceptors (Lipinski definition) is 7. The molecule has 0 aromatic carbocycles. The molecular formula is C11H15BrN6O. The fourth-order valence-electron chi connectivity index (χ4n) is 1.43. The first-order valence-corrected chi connectivity index (χ1v) is 6.77. The van der Waals surface area contributed by atoms with Gasteiger partial charge in [0.2, 0.25) is 5.89 Å². The monoisotopic (exact) mass is 326 g/mol. The predicted molar refractivity (Wildman–Crippen MR) is 74.9 cm³/mol. The van der Waals surface area contributed by atoms with Crippen molar-refractivity contribution in [3.05, 3.63) is 22.5 Å². The molecule has 0 atom stereocenters. The van der Waals surface area contributed by atoms with E-state index in [0.29, 0.717) is 24.1 Å². The van der Waals surface area contributed by atoms with Crippen LogP contribution in [0.4, 0.5) is 11.6 Å². The summed E-state index contributed by atoms with van der Waals surface area (Å²) < 4.78 is 5.81. The minimum absolute atomic E-state index is 0.420. The number of hydrogen-bond donors (Lipinski definition) is 2. The summed E-state index contributed by atoms with van der Waals surface area (Å²) in [4.78, 5) is 12.5. The average Bonchev–Trinajstić information content (AvgIpc) is 2.82. The lowest BCUT2D eigenvalue weighted by Crippen LogP contribution is -2.07. The Balaban J connectivity index is 2.03. The van der Waals surface area contributed by atoms with Crippen molar-refractivity contribution in [3.63, 3.8) is 0 Å². The average molecular weight is 327 g/mol. The van der Waals surface area contributed by atoms with Crippen molar-refractivity contribution in [1.82, 2.24) is 20.1 Å². The Bertz CT molecular complexity index is 544. The van der Waals surface area contributed by atoms with Gasteiger partial charge in [-0.3, -0.25) is 0 Å². The van der Waals surface area contributed by atoms with Crippen LogP contribution < -0.4 is 10.6 Å². The number of rotatable bonds is 6. The molecule has 0 radical (unpaired) electrons. The van der Waals surface area contributed by atoms with Gasteiger partial charge in [-0.1, -0.05) is 12.1 Å². The molecule has 102 valence electrons. The summed E-state index contributed by atoms with van der Waals surface area (Å²) in [6.07, 6.45) is 2.53. The maximum absolute atomic E-state index is 5.02. The summed E-state index contributed by atoms with van der Waals surface area (Å²) in [7, 11) is 0. The number of nitrogens with one attached hydrogen (secondary N) is 2.